The molecule has 140 valence electrons. The van der Waals surface area contributed by atoms with Gasteiger partial charge in [0.2, 0.25) is 17.2 Å². The van der Waals surface area contributed by atoms with Crippen molar-refractivity contribution >= 4 is 47.0 Å². The lowest BCUT2D eigenvalue weighted by Crippen LogP contribution is -2.50. The van der Waals surface area contributed by atoms with Crippen molar-refractivity contribution in [3.05, 3.63) is 5.28 Å². The maximum absolute atomic E-state index is 6.34. The first kappa shape index (κ1) is 19.4. The van der Waals surface area contributed by atoms with Crippen LogP contribution in [0.15, 0.2) is 0 Å². The monoisotopic (exact) mass is 401 g/mol. The molecular weight excluding hydrogens is 374 g/mol. The number of nitrogens with zero attached hydrogens (tertiary/aromatic N) is 5. The van der Waals surface area contributed by atoms with Gasteiger partial charge in [-0.15, -0.1) is 0 Å². The zero-order valence-corrected chi connectivity index (χ0v) is 17.9. The van der Waals surface area contributed by atoms with Gasteiger partial charge in [0.25, 0.3) is 0 Å². The van der Waals surface area contributed by atoms with Crippen LogP contribution in [0.25, 0.3) is 0 Å². The second kappa shape index (κ2) is 8.53. The molecule has 8 heteroatoms. The Morgan fingerprint density at radius 1 is 0.840 bits per heavy atom. The molecule has 0 spiro atoms. The molecule has 0 bridgehead atoms. The van der Waals surface area contributed by atoms with E-state index in [4.69, 9.17) is 16.6 Å². The second-order valence-electron chi connectivity index (χ2n) is 6.92. The van der Waals surface area contributed by atoms with E-state index in [1.807, 2.05) is 23.5 Å². The van der Waals surface area contributed by atoms with Crippen molar-refractivity contribution in [1.29, 1.82) is 0 Å². The summed E-state index contributed by atoms with van der Waals surface area (Å²) in [6.07, 6.45) is 2.18. The topological polar surface area (TPSA) is 45.2 Å². The minimum absolute atomic E-state index is 0.306. The Balaban J connectivity index is 1.97. The van der Waals surface area contributed by atoms with Gasteiger partial charge in [0.05, 0.1) is 0 Å². The number of halogens is 1. The molecule has 3 heterocycles. The van der Waals surface area contributed by atoms with Crippen molar-refractivity contribution in [2.45, 2.75) is 64.7 Å². The fraction of sp³-hybridized carbons (Fsp3) is 0.824. The minimum Gasteiger partial charge on any atom is -0.333 e. The van der Waals surface area contributed by atoms with Gasteiger partial charge in [-0.1, -0.05) is 13.8 Å². The Kier molecular flexibility index (Phi) is 6.60. The fourth-order valence-electron chi connectivity index (χ4n) is 3.70. The molecule has 5 nitrogen and oxygen atoms in total. The van der Waals surface area contributed by atoms with Gasteiger partial charge in [0.15, 0.2) is 0 Å². The van der Waals surface area contributed by atoms with Crippen LogP contribution in [0.2, 0.25) is 5.28 Å². The smallest absolute Gasteiger partial charge is 0.232 e. The molecule has 4 unspecified atom stereocenters. The first-order valence-corrected chi connectivity index (χ1v) is 11.9. The second-order valence-corrected chi connectivity index (χ2v) is 9.40. The summed E-state index contributed by atoms with van der Waals surface area (Å²) < 4.78 is 0. The Labute approximate surface area is 164 Å². The maximum atomic E-state index is 6.34. The molecule has 2 aliphatic rings. The third kappa shape index (κ3) is 4.14. The van der Waals surface area contributed by atoms with Crippen molar-refractivity contribution in [1.82, 2.24) is 15.0 Å². The average molecular weight is 402 g/mol. The molecule has 0 amide bonds. The molecule has 1 aromatic rings. The lowest BCUT2D eigenvalue weighted by molar-refractivity contribution is 0.529. The van der Waals surface area contributed by atoms with Crippen molar-refractivity contribution in [2.75, 3.05) is 32.8 Å². The van der Waals surface area contributed by atoms with E-state index in [2.05, 4.69) is 47.5 Å². The van der Waals surface area contributed by atoms with Crippen LogP contribution in [0.5, 0.6) is 0 Å². The van der Waals surface area contributed by atoms with Crippen LogP contribution in [0.3, 0.4) is 0 Å². The third-order valence-electron chi connectivity index (χ3n) is 5.06. The van der Waals surface area contributed by atoms with E-state index in [9.17, 15) is 0 Å². The highest BCUT2D eigenvalue weighted by Gasteiger charge is 2.33. The van der Waals surface area contributed by atoms with E-state index < -0.39 is 0 Å². The van der Waals surface area contributed by atoms with E-state index in [1.54, 1.807) is 0 Å². The van der Waals surface area contributed by atoms with E-state index in [0.29, 0.717) is 29.5 Å². The first-order chi connectivity index (χ1) is 12.0. The summed E-state index contributed by atoms with van der Waals surface area (Å²) in [5.41, 5.74) is 0. The molecule has 2 fully saturated rings. The Bertz CT molecular complexity index is 544. The van der Waals surface area contributed by atoms with Crippen LogP contribution in [-0.2, 0) is 0 Å². The predicted molar refractivity (Wildman–Crippen MR) is 112 cm³/mol. The third-order valence-corrected chi connectivity index (χ3v) is 7.91. The number of anilines is 2. The Morgan fingerprint density at radius 2 is 1.28 bits per heavy atom. The Morgan fingerprint density at radius 3 is 1.68 bits per heavy atom. The van der Waals surface area contributed by atoms with Crippen molar-refractivity contribution in [3.63, 3.8) is 0 Å². The van der Waals surface area contributed by atoms with E-state index in [1.165, 1.54) is 0 Å². The first-order valence-electron chi connectivity index (χ1n) is 9.18. The predicted octanol–water partition coefficient (Wildman–Crippen LogP) is 3.97. The summed E-state index contributed by atoms with van der Waals surface area (Å²) in [5.74, 6) is 5.93. The summed E-state index contributed by atoms with van der Waals surface area (Å²) >= 11 is 10.4. The minimum atomic E-state index is 0.306. The molecule has 4 atom stereocenters. The van der Waals surface area contributed by atoms with Crippen LogP contribution in [0, 0.1) is 0 Å². The molecule has 2 aliphatic heterocycles. The van der Waals surface area contributed by atoms with Gasteiger partial charge < -0.3 is 9.80 Å². The Hall–Kier alpha value is -0.400. The van der Waals surface area contributed by atoms with Crippen molar-refractivity contribution < 1.29 is 0 Å². The highest BCUT2D eigenvalue weighted by Crippen LogP contribution is 2.32. The van der Waals surface area contributed by atoms with Gasteiger partial charge in [-0.25, -0.2) is 0 Å². The number of hydrogen-bond donors (Lipinski definition) is 0. The molecule has 25 heavy (non-hydrogen) atoms. The molecule has 0 radical (unpaired) electrons. The fourth-order valence-corrected chi connectivity index (χ4v) is 6.46. The number of aromatic nitrogens is 3. The normalized spacial score (nSPS) is 30.6. The van der Waals surface area contributed by atoms with Gasteiger partial charge in [0.1, 0.15) is 0 Å². The number of hydrogen-bond acceptors (Lipinski definition) is 7. The van der Waals surface area contributed by atoms with Gasteiger partial charge in [-0.2, -0.15) is 38.5 Å². The molecule has 2 saturated heterocycles. The largest absolute Gasteiger partial charge is 0.333 e. The van der Waals surface area contributed by atoms with Crippen LogP contribution in [0.4, 0.5) is 11.9 Å². The summed E-state index contributed by atoms with van der Waals surface area (Å²) in [5, 5.41) is 0.306. The van der Waals surface area contributed by atoms with Crippen LogP contribution >= 0.6 is 35.1 Å². The molecule has 1 aromatic heterocycles. The van der Waals surface area contributed by atoms with Gasteiger partial charge in [-0.3, -0.25) is 0 Å². The highest BCUT2D eigenvalue weighted by molar-refractivity contribution is 7.99. The standard InChI is InChI=1S/C17H28ClN5S2/c1-5-13-9-24-7-11(3)22(13)16-19-15(18)20-17(21-16)23-12(4)8-25-10-14(23)6-2/h11-14H,5-10H2,1-4H3. The van der Waals surface area contributed by atoms with E-state index >= 15 is 0 Å². The van der Waals surface area contributed by atoms with Gasteiger partial charge in [0, 0.05) is 47.2 Å². The SMILES string of the molecule is CCC1CSCC(C)N1c1nc(Cl)nc(N2C(C)CSCC2CC)n1. The molecular formula is C17H28ClN5S2. The zero-order valence-electron chi connectivity index (χ0n) is 15.5. The van der Waals surface area contributed by atoms with Crippen LogP contribution in [-0.4, -0.2) is 62.1 Å². The van der Waals surface area contributed by atoms with Crippen molar-refractivity contribution in [3.8, 4) is 0 Å². The summed E-state index contributed by atoms with van der Waals surface area (Å²) in [7, 11) is 0. The van der Waals surface area contributed by atoms with Crippen molar-refractivity contribution in [2.24, 2.45) is 0 Å². The summed E-state index contributed by atoms with van der Waals surface area (Å²) in [4.78, 5) is 18.6. The summed E-state index contributed by atoms with van der Waals surface area (Å²) in [6.45, 7) is 8.97. The van der Waals surface area contributed by atoms with Gasteiger partial charge >= 0.3 is 0 Å². The maximum Gasteiger partial charge on any atom is 0.232 e. The van der Waals surface area contributed by atoms with Gasteiger partial charge in [-0.05, 0) is 38.3 Å². The zero-order chi connectivity index (χ0) is 18.0. The number of thioether (sulfide) groups is 2. The highest BCUT2D eigenvalue weighted by atomic mass is 35.5. The van der Waals surface area contributed by atoms with Crippen LogP contribution in [0.1, 0.15) is 40.5 Å². The molecule has 3 rings (SSSR count). The number of rotatable bonds is 4. The average Bonchev–Trinajstić information content (AvgIpc) is 2.60. The van der Waals surface area contributed by atoms with Crippen LogP contribution < -0.4 is 9.80 Å². The quantitative estimate of drug-likeness (QED) is 0.756. The summed E-state index contributed by atoms with van der Waals surface area (Å²) in [6, 6.07) is 1.73. The molecule has 0 aromatic carbocycles. The molecule has 0 aliphatic carbocycles. The van der Waals surface area contributed by atoms with E-state index in [0.717, 1.165) is 47.7 Å². The lowest BCUT2D eigenvalue weighted by Gasteiger charge is -2.42. The molecule has 0 N–H and O–H groups in total. The lowest BCUT2D eigenvalue weighted by atomic mass is 10.1. The molecule has 0 saturated carbocycles. The van der Waals surface area contributed by atoms with E-state index in [-0.39, 0.29) is 0 Å².